The molecule has 3 N–H and O–H groups in total. The number of hydrogen-bond acceptors (Lipinski definition) is 3. The highest BCUT2D eigenvalue weighted by Gasteiger charge is 2.18. The molecule has 0 aromatic carbocycles. The van der Waals surface area contributed by atoms with Crippen LogP contribution in [0, 0.1) is 0 Å². The van der Waals surface area contributed by atoms with Crippen molar-refractivity contribution in [3.05, 3.63) is 0 Å². The van der Waals surface area contributed by atoms with Crippen molar-refractivity contribution in [1.82, 2.24) is 16.0 Å². The van der Waals surface area contributed by atoms with E-state index in [2.05, 4.69) is 27.9 Å². The summed E-state index contributed by atoms with van der Waals surface area (Å²) in [5.41, 5.74) is 0. The van der Waals surface area contributed by atoms with E-state index in [9.17, 15) is 4.79 Å². The number of halogens is 1. The Kier molecular flexibility index (Phi) is 13.1. The zero-order valence-corrected chi connectivity index (χ0v) is 18.6. The first kappa shape index (κ1) is 23.5. The van der Waals surface area contributed by atoms with Crippen LogP contribution >= 0.6 is 24.0 Å². The molecule has 0 bridgehead atoms. The predicted octanol–water partition coefficient (Wildman–Crippen LogP) is 2.96. The van der Waals surface area contributed by atoms with Gasteiger partial charge in [-0.3, -0.25) is 9.79 Å². The van der Waals surface area contributed by atoms with Crippen LogP contribution in [0.25, 0.3) is 0 Å². The lowest BCUT2D eigenvalue weighted by Crippen LogP contribution is -2.51. The van der Waals surface area contributed by atoms with Gasteiger partial charge in [0.05, 0.1) is 6.10 Å². The first-order valence-electron chi connectivity index (χ1n) is 10.2. The molecule has 26 heavy (non-hydrogen) atoms. The number of nitrogens with one attached hydrogen (secondary N) is 3. The summed E-state index contributed by atoms with van der Waals surface area (Å²) in [7, 11) is 0. The normalized spacial score (nSPS) is 21.7. The summed E-state index contributed by atoms with van der Waals surface area (Å²) in [5.74, 6) is 1.01. The van der Waals surface area contributed by atoms with Crippen LogP contribution in [0.2, 0.25) is 0 Å². The van der Waals surface area contributed by atoms with Crippen molar-refractivity contribution in [3.63, 3.8) is 0 Å². The SMILES string of the molecule is CCNC(=NCCCCCOC1CCCCC1)NC1CCC(=O)NC1.I. The number of nitrogens with zero attached hydrogens (tertiary/aromatic N) is 1. The monoisotopic (exact) mass is 480 g/mol. The lowest BCUT2D eigenvalue weighted by molar-refractivity contribution is -0.122. The van der Waals surface area contributed by atoms with Gasteiger partial charge in [-0.1, -0.05) is 19.3 Å². The maximum Gasteiger partial charge on any atom is 0.220 e. The fourth-order valence-corrected chi connectivity index (χ4v) is 3.43. The molecule has 152 valence electrons. The minimum Gasteiger partial charge on any atom is -0.378 e. The number of amides is 1. The average molecular weight is 480 g/mol. The first-order chi connectivity index (χ1) is 12.3. The van der Waals surface area contributed by atoms with Gasteiger partial charge in [0.2, 0.25) is 5.91 Å². The molecule has 0 aromatic heterocycles. The van der Waals surface area contributed by atoms with Crippen LogP contribution in [0.15, 0.2) is 4.99 Å². The third kappa shape index (κ3) is 9.94. The lowest BCUT2D eigenvalue weighted by atomic mass is 9.98. The minimum absolute atomic E-state index is 0. The summed E-state index contributed by atoms with van der Waals surface area (Å²) in [5, 5.41) is 9.61. The molecule has 2 fully saturated rings. The van der Waals surface area contributed by atoms with E-state index in [1.165, 1.54) is 32.1 Å². The van der Waals surface area contributed by atoms with E-state index in [-0.39, 0.29) is 35.9 Å². The van der Waals surface area contributed by atoms with E-state index in [1.54, 1.807) is 0 Å². The van der Waals surface area contributed by atoms with Gasteiger partial charge in [-0.25, -0.2) is 0 Å². The number of hydrogen-bond donors (Lipinski definition) is 3. The minimum atomic E-state index is 0. The summed E-state index contributed by atoms with van der Waals surface area (Å²) in [6.07, 6.45) is 11.9. The molecule has 7 heteroatoms. The molecule has 2 aliphatic rings. The summed E-state index contributed by atoms with van der Waals surface area (Å²) in [4.78, 5) is 15.9. The fourth-order valence-electron chi connectivity index (χ4n) is 3.43. The van der Waals surface area contributed by atoms with Gasteiger partial charge in [-0.05, 0) is 45.4 Å². The third-order valence-corrected chi connectivity index (χ3v) is 4.93. The molecule has 1 amide bonds. The Balaban J connectivity index is 0.00000338. The number of unbranched alkanes of at least 4 members (excludes halogenated alkanes) is 2. The average Bonchev–Trinajstić information content (AvgIpc) is 2.64. The van der Waals surface area contributed by atoms with E-state index in [0.29, 0.717) is 19.1 Å². The molecule has 1 aliphatic heterocycles. The number of rotatable bonds is 9. The fraction of sp³-hybridized carbons (Fsp3) is 0.895. The van der Waals surface area contributed by atoms with Gasteiger partial charge in [0.15, 0.2) is 5.96 Å². The molecule has 0 radical (unpaired) electrons. The molecule has 6 nitrogen and oxygen atoms in total. The molecule has 0 spiro atoms. The van der Waals surface area contributed by atoms with Crippen molar-refractivity contribution in [1.29, 1.82) is 0 Å². The highest BCUT2D eigenvalue weighted by molar-refractivity contribution is 14.0. The van der Waals surface area contributed by atoms with Crippen molar-refractivity contribution in [2.75, 3.05) is 26.2 Å². The van der Waals surface area contributed by atoms with E-state index in [4.69, 9.17) is 4.74 Å². The molecule has 1 aliphatic carbocycles. The summed E-state index contributed by atoms with van der Waals surface area (Å²) >= 11 is 0. The predicted molar refractivity (Wildman–Crippen MR) is 117 cm³/mol. The van der Waals surface area contributed by atoms with Gasteiger partial charge >= 0.3 is 0 Å². The van der Waals surface area contributed by atoms with E-state index in [1.807, 2.05) is 0 Å². The summed E-state index contributed by atoms with van der Waals surface area (Å²) in [6, 6.07) is 0.277. The number of guanidine groups is 1. The van der Waals surface area contributed by atoms with Crippen LogP contribution in [-0.4, -0.2) is 50.3 Å². The largest absolute Gasteiger partial charge is 0.378 e. The maximum absolute atomic E-state index is 11.2. The van der Waals surface area contributed by atoms with Crippen LogP contribution in [0.5, 0.6) is 0 Å². The maximum atomic E-state index is 11.2. The molecule has 1 saturated heterocycles. The molecular formula is C19H37IN4O2. The highest BCUT2D eigenvalue weighted by atomic mass is 127. The van der Waals surface area contributed by atoms with E-state index >= 15 is 0 Å². The van der Waals surface area contributed by atoms with Gasteiger partial charge in [0.25, 0.3) is 0 Å². The zero-order valence-electron chi connectivity index (χ0n) is 16.2. The second-order valence-corrected chi connectivity index (χ2v) is 7.14. The first-order valence-corrected chi connectivity index (χ1v) is 10.2. The van der Waals surface area contributed by atoms with Crippen LogP contribution in [-0.2, 0) is 9.53 Å². The number of carbonyl (C=O) groups excluding carboxylic acids is 1. The molecule has 1 unspecified atom stereocenters. The van der Waals surface area contributed by atoms with E-state index < -0.39 is 0 Å². The number of piperidine rings is 1. The number of aliphatic imine (C=N–C) groups is 1. The molecule has 0 aromatic rings. The van der Waals surface area contributed by atoms with Crippen LogP contribution < -0.4 is 16.0 Å². The second kappa shape index (κ2) is 14.5. The summed E-state index contributed by atoms with van der Waals surface area (Å²) < 4.78 is 5.96. The Morgan fingerprint density at radius 3 is 2.69 bits per heavy atom. The van der Waals surface area contributed by atoms with Crippen LogP contribution in [0.4, 0.5) is 0 Å². The van der Waals surface area contributed by atoms with Crippen molar-refractivity contribution in [2.45, 2.75) is 83.3 Å². The van der Waals surface area contributed by atoms with Crippen LogP contribution in [0.3, 0.4) is 0 Å². The lowest BCUT2D eigenvalue weighted by Gasteiger charge is -2.25. The molecule has 1 saturated carbocycles. The Morgan fingerprint density at radius 2 is 2.00 bits per heavy atom. The van der Waals surface area contributed by atoms with Gasteiger partial charge in [-0.2, -0.15) is 0 Å². The van der Waals surface area contributed by atoms with Crippen molar-refractivity contribution >= 4 is 35.8 Å². The second-order valence-electron chi connectivity index (χ2n) is 7.14. The quantitative estimate of drug-likeness (QED) is 0.205. The van der Waals surface area contributed by atoms with Gasteiger partial charge in [-0.15, -0.1) is 24.0 Å². The third-order valence-electron chi connectivity index (χ3n) is 4.93. The van der Waals surface area contributed by atoms with Crippen molar-refractivity contribution < 1.29 is 9.53 Å². The molecule has 1 atom stereocenters. The number of carbonyl (C=O) groups is 1. The Bertz CT molecular complexity index is 404. The van der Waals surface area contributed by atoms with Gasteiger partial charge < -0.3 is 20.7 Å². The highest BCUT2D eigenvalue weighted by Crippen LogP contribution is 2.20. The molecular weight excluding hydrogens is 443 g/mol. The Hall–Kier alpha value is -0.570. The number of ether oxygens (including phenoxy) is 1. The van der Waals surface area contributed by atoms with Gasteiger partial charge in [0.1, 0.15) is 0 Å². The Morgan fingerprint density at radius 1 is 1.19 bits per heavy atom. The smallest absolute Gasteiger partial charge is 0.220 e. The van der Waals surface area contributed by atoms with Crippen molar-refractivity contribution in [2.24, 2.45) is 4.99 Å². The molecule has 1 heterocycles. The molecule has 2 rings (SSSR count). The van der Waals surface area contributed by atoms with Crippen molar-refractivity contribution in [3.8, 4) is 0 Å². The zero-order chi connectivity index (χ0) is 17.7. The standard InChI is InChI=1S/C19H36N4O2.HI/c1-2-20-19(23-16-11-12-18(24)22-15-16)21-13-7-4-8-14-25-17-9-5-3-6-10-17;/h16-17H,2-15H2,1H3,(H,22,24)(H2,20,21,23);1H. The topological polar surface area (TPSA) is 74.8 Å². The summed E-state index contributed by atoms with van der Waals surface area (Å²) in [6.45, 7) is 5.33. The van der Waals surface area contributed by atoms with Gasteiger partial charge in [0, 0.05) is 38.7 Å². The van der Waals surface area contributed by atoms with E-state index in [0.717, 1.165) is 51.3 Å². The Labute approximate surface area is 175 Å². The van der Waals surface area contributed by atoms with Crippen LogP contribution in [0.1, 0.15) is 71.1 Å².